The summed E-state index contributed by atoms with van der Waals surface area (Å²) < 4.78 is 10.3. The number of alkyl carbamates (subject to hydrolysis) is 1. The van der Waals surface area contributed by atoms with Gasteiger partial charge in [0.05, 0.1) is 13.1 Å². The van der Waals surface area contributed by atoms with Gasteiger partial charge in [0, 0.05) is 0 Å². The zero-order valence-electron chi connectivity index (χ0n) is 14.1. The number of carbonyl (C=O) groups excluding carboxylic acids is 3. The number of benzene rings is 1. The Balaban J connectivity index is 1.82. The zero-order valence-corrected chi connectivity index (χ0v) is 14.1. The number of amides is 2. The highest BCUT2D eigenvalue weighted by Gasteiger charge is 2.36. The van der Waals surface area contributed by atoms with Crippen LogP contribution in [0.3, 0.4) is 0 Å². The minimum atomic E-state index is -0.774. The van der Waals surface area contributed by atoms with Gasteiger partial charge in [0.15, 0.2) is 5.78 Å². The lowest BCUT2D eigenvalue weighted by molar-refractivity contribution is -0.118. The van der Waals surface area contributed by atoms with Crippen LogP contribution in [0.4, 0.5) is 9.59 Å². The first-order chi connectivity index (χ1) is 11.2. The van der Waals surface area contributed by atoms with Crippen molar-refractivity contribution in [2.75, 3.05) is 13.1 Å². The molecule has 0 saturated carbocycles. The van der Waals surface area contributed by atoms with Gasteiger partial charge in [-0.3, -0.25) is 9.69 Å². The van der Waals surface area contributed by atoms with Crippen LogP contribution in [0.2, 0.25) is 0 Å². The molecule has 2 rings (SSSR count). The topological polar surface area (TPSA) is 84.9 Å². The van der Waals surface area contributed by atoms with E-state index in [1.807, 2.05) is 30.3 Å². The quantitative estimate of drug-likeness (QED) is 0.915. The predicted octanol–water partition coefficient (Wildman–Crippen LogP) is 2.10. The minimum Gasteiger partial charge on any atom is -0.445 e. The first-order valence-corrected chi connectivity index (χ1v) is 7.72. The van der Waals surface area contributed by atoms with E-state index in [4.69, 9.17) is 9.47 Å². The summed E-state index contributed by atoms with van der Waals surface area (Å²) in [5.41, 5.74) is 0.208. The van der Waals surface area contributed by atoms with Crippen LogP contribution < -0.4 is 5.32 Å². The van der Waals surface area contributed by atoms with Crippen LogP contribution in [0.25, 0.3) is 0 Å². The molecule has 24 heavy (non-hydrogen) atoms. The van der Waals surface area contributed by atoms with Crippen LogP contribution in [0, 0.1) is 0 Å². The Morgan fingerprint density at radius 3 is 2.54 bits per heavy atom. The Morgan fingerprint density at radius 2 is 1.92 bits per heavy atom. The summed E-state index contributed by atoms with van der Waals surface area (Å²) in [4.78, 5) is 37.0. The fraction of sp³-hybridized carbons (Fsp3) is 0.471. The molecule has 0 aliphatic carbocycles. The molecule has 2 amide bonds. The van der Waals surface area contributed by atoms with E-state index in [1.54, 1.807) is 20.8 Å². The first kappa shape index (κ1) is 17.8. The summed E-state index contributed by atoms with van der Waals surface area (Å²) in [7, 11) is 0. The molecule has 7 nitrogen and oxygen atoms in total. The Bertz CT molecular complexity index is 609. The number of carbonyl (C=O) groups is 3. The number of ether oxygens (including phenoxy) is 2. The molecule has 1 aromatic rings. The van der Waals surface area contributed by atoms with E-state index in [0.717, 1.165) is 5.56 Å². The average Bonchev–Trinajstić information content (AvgIpc) is 2.85. The summed E-state index contributed by atoms with van der Waals surface area (Å²) in [5.74, 6) is -0.252. The molecule has 0 radical (unpaired) electrons. The number of nitrogens with zero attached hydrogens (tertiary/aromatic N) is 1. The highest BCUT2D eigenvalue weighted by molar-refractivity contribution is 5.94. The van der Waals surface area contributed by atoms with Gasteiger partial charge in [-0.25, -0.2) is 9.59 Å². The molecule has 1 saturated heterocycles. The number of hydrogen-bond donors (Lipinski definition) is 1. The van der Waals surface area contributed by atoms with Crippen molar-refractivity contribution in [2.45, 2.75) is 39.0 Å². The average molecular weight is 334 g/mol. The van der Waals surface area contributed by atoms with Crippen LogP contribution in [0.1, 0.15) is 26.3 Å². The molecule has 1 aliphatic rings. The molecule has 1 N–H and O–H groups in total. The summed E-state index contributed by atoms with van der Waals surface area (Å²) >= 11 is 0. The van der Waals surface area contributed by atoms with Gasteiger partial charge in [0.25, 0.3) is 0 Å². The Kier molecular flexibility index (Phi) is 5.43. The van der Waals surface area contributed by atoms with Crippen LogP contribution in [0.15, 0.2) is 30.3 Å². The van der Waals surface area contributed by atoms with Crippen molar-refractivity contribution in [1.29, 1.82) is 0 Å². The van der Waals surface area contributed by atoms with Crippen LogP contribution in [-0.4, -0.2) is 47.6 Å². The third kappa shape index (κ3) is 5.26. The summed E-state index contributed by atoms with van der Waals surface area (Å²) in [6.45, 7) is 5.32. The van der Waals surface area contributed by atoms with E-state index in [2.05, 4.69) is 5.32 Å². The Labute approximate surface area is 140 Å². The fourth-order valence-corrected chi connectivity index (χ4v) is 2.21. The molecule has 1 aromatic carbocycles. The van der Waals surface area contributed by atoms with Gasteiger partial charge < -0.3 is 14.8 Å². The largest absolute Gasteiger partial charge is 0.445 e. The van der Waals surface area contributed by atoms with Gasteiger partial charge >= 0.3 is 12.2 Å². The number of hydrogen-bond acceptors (Lipinski definition) is 5. The lowest BCUT2D eigenvalue weighted by atomic mass is 10.2. The van der Waals surface area contributed by atoms with E-state index in [0.29, 0.717) is 0 Å². The molecule has 1 heterocycles. The van der Waals surface area contributed by atoms with Crippen LogP contribution >= 0.6 is 0 Å². The second-order valence-corrected chi connectivity index (χ2v) is 6.59. The molecule has 1 fully saturated rings. The van der Waals surface area contributed by atoms with Crippen molar-refractivity contribution in [3.8, 4) is 0 Å². The number of likely N-dealkylation sites (tertiary alicyclic amines) is 1. The zero-order chi connectivity index (χ0) is 17.7. The van der Waals surface area contributed by atoms with Gasteiger partial charge in [-0.05, 0) is 26.3 Å². The predicted molar refractivity (Wildman–Crippen MR) is 86.4 cm³/mol. The van der Waals surface area contributed by atoms with Gasteiger partial charge in [-0.2, -0.15) is 0 Å². The molecule has 1 unspecified atom stereocenters. The van der Waals surface area contributed by atoms with Gasteiger partial charge in [0.2, 0.25) is 0 Å². The smallest absolute Gasteiger partial charge is 0.410 e. The molecule has 0 spiro atoms. The van der Waals surface area contributed by atoms with Crippen molar-refractivity contribution in [3.05, 3.63) is 35.9 Å². The maximum absolute atomic E-state index is 12.0. The summed E-state index contributed by atoms with van der Waals surface area (Å²) in [5, 5.41) is 2.48. The van der Waals surface area contributed by atoms with Gasteiger partial charge in [-0.1, -0.05) is 30.3 Å². The van der Waals surface area contributed by atoms with Gasteiger partial charge in [0.1, 0.15) is 18.2 Å². The molecule has 7 heteroatoms. The lowest BCUT2D eigenvalue weighted by Crippen LogP contribution is -2.43. The second kappa shape index (κ2) is 7.33. The SMILES string of the molecule is CC(C)(C)OC(=O)NC1CN(C(=O)OCc2ccccc2)CC1=O. The lowest BCUT2D eigenvalue weighted by Gasteiger charge is -2.21. The third-order valence-electron chi connectivity index (χ3n) is 3.29. The number of rotatable bonds is 3. The molecule has 0 aromatic heterocycles. The monoisotopic (exact) mass is 334 g/mol. The number of nitrogens with one attached hydrogen (secondary N) is 1. The Morgan fingerprint density at radius 1 is 1.25 bits per heavy atom. The van der Waals surface area contributed by atoms with E-state index in [1.165, 1.54) is 4.90 Å². The molecule has 130 valence electrons. The van der Waals surface area contributed by atoms with E-state index in [-0.39, 0.29) is 25.5 Å². The molecule has 1 atom stereocenters. The normalized spacial score (nSPS) is 17.5. The maximum Gasteiger partial charge on any atom is 0.410 e. The summed E-state index contributed by atoms with van der Waals surface area (Å²) in [6.07, 6.45) is -1.26. The minimum absolute atomic E-state index is 0.0751. The fourth-order valence-electron chi connectivity index (χ4n) is 2.21. The van der Waals surface area contributed by atoms with E-state index < -0.39 is 23.8 Å². The number of Topliss-reactive ketones (excluding diaryl/α,β-unsaturated/α-hetero) is 1. The Hall–Kier alpha value is -2.57. The standard InChI is InChI=1S/C17H22N2O5/c1-17(2,3)24-15(21)18-13-9-19(10-14(13)20)16(22)23-11-12-7-5-4-6-8-12/h4-8,13H,9-11H2,1-3H3,(H,18,21). The molecular weight excluding hydrogens is 312 g/mol. The van der Waals surface area contributed by atoms with Crippen molar-refractivity contribution >= 4 is 18.0 Å². The van der Waals surface area contributed by atoms with Crippen molar-refractivity contribution in [3.63, 3.8) is 0 Å². The van der Waals surface area contributed by atoms with Crippen molar-refractivity contribution in [1.82, 2.24) is 10.2 Å². The van der Waals surface area contributed by atoms with Crippen LogP contribution in [0.5, 0.6) is 0 Å². The first-order valence-electron chi connectivity index (χ1n) is 7.72. The third-order valence-corrected chi connectivity index (χ3v) is 3.29. The molecule has 1 aliphatic heterocycles. The maximum atomic E-state index is 12.0. The highest BCUT2D eigenvalue weighted by Crippen LogP contribution is 2.11. The van der Waals surface area contributed by atoms with E-state index in [9.17, 15) is 14.4 Å². The van der Waals surface area contributed by atoms with Crippen molar-refractivity contribution < 1.29 is 23.9 Å². The van der Waals surface area contributed by atoms with E-state index >= 15 is 0 Å². The van der Waals surface area contributed by atoms with Crippen LogP contribution in [-0.2, 0) is 20.9 Å². The van der Waals surface area contributed by atoms with Gasteiger partial charge in [-0.15, -0.1) is 0 Å². The summed E-state index contributed by atoms with van der Waals surface area (Å²) in [6, 6.07) is 8.48. The highest BCUT2D eigenvalue weighted by atomic mass is 16.6. The number of ketones is 1. The molecule has 0 bridgehead atoms. The second-order valence-electron chi connectivity index (χ2n) is 6.59. The van der Waals surface area contributed by atoms with Crippen molar-refractivity contribution in [2.24, 2.45) is 0 Å². The molecular formula is C17H22N2O5.